The van der Waals surface area contributed by atoms with Crippen LogP contribution in [-0.2, 0) is 13.0 Å². The summed E-state index contributed by atoms with van der Waals surface area (Å²) in [6.45, 7) is 1.75. The van der Waals surface area contributed by atoms with Gasteiger partial charge in [-0.05, 0) is 30.5 Å². The molecule has 0 bridgehead atoms. The van der Waals surface area contributed by atoms with Crippen molar-refractivity contribution >= 4 is 16.8 Å². The quantitative estimate of drug-likeness (QED) is 0.805. The molecule has 3 aromatic rings. The molecule has 0 saturated carbocycles. The smallest absolute Gasteiger partial charge is 0.253 e. The van der Waals surface area contributed by atoms with Gasteiger partial charge in [-0.2, -0.15) is 5.10 Å². The number of carbonyl (C=O) groups is 1. The molecule has 3 heterocycles. The zero-order valence-corrected chi connectivity index (χ0v) is 13.1. The topological polar surface area (TPSA) is 66.8 Å². The van der Waals surface area contributed by atoms with E-state index in [-0.39, 0.29) is 5.91 Å². The van der Waals surface area contributed by atoms with Crippen LogP contribution in [0.5, 0.6) is 0 Å². The van der Waals surface area contributed by atoms with E-state index >= 15 is 0 Å². The second kappa shape index (κ2) is 5.53. The minimum Gasteiger partial charge on any atom is -0.341 e. The van der Waals surface area contributed by atoms with Gasteiger partial charge < -0.3 is 9.47 Å². The van der Waals surface area contributed by atoms with E-state index in [0.717, 1.165) is 42.7 Å². The molecule has 6 nitrogen and oxygen atoms in total. The first-order chi connectivity index (χ1) is 11.2. The Morgan fingerprint density at radius 3 is 3.30 bits per heavy atom. The van der Waals surface area contributed by atoms with Crippen LogP contribution in [0.4, 0.5) is 0 Å². The Morgan fingerprint density at radius 2 is 2.39 bits per heavy atom. The summed E-state index contributed by atoms with van der Waals surface area (Å²) in [5.41, 5.74) is 1.65. The molecule has 23 heavy (non-hydrogen) atoms. The number of aryl methyl sites for hydroxylation is 1. The standard InChI is InChI=1S/C17H19N5O/c1-21(11-12-4-6-22-7-5-18-16(22)8-12)17(23)13-2-3-15-14(9-13)10-19-20-15/h2-3,5,7,9-10,12H,4,6,8,11H2,1H3,(H,19,20)/t12-/m1/s1. The second-order valence-corrected chi connectivity index (χ2v) is 6.25. The van der Waals surface area contributed by atoms with Crippen molar-refractivity contribution in [2.24, 2.45) is 5.92 Å². The fraction of sp³-hybridized carbons (Fsp3) is 0.353. The van der Waals surface area contributed by atoms with Crippen LogP contribution in [-0.4, -0.2) is 44.1 Å². The first-order valence-electron chi connectivity index (χ1n) is 7.89. The third-order valence-electron chi connectivity index (χ3n) is 4.62. The van der Waals surface area contributed by atoms with Crippen molar-refractivity contribution in [3.8, 4) is 0 Å². The molecule has 2 aromatic heterocycles. The summed E-state index contributed by atoms with van der Waals surface area (Å²) in [6, 6.07) is 5.65. The van der Waals surface area contributed by atoms with Crippen molar-refractivity contribution in [2.45, 2.75) is 19.4 Å². The molecule has 0 unspecified atom stereocenters. The molecule has 1 aliphatic heterocycles. The van der Waals surface area contributed by atoms with Gasteiger partial charge in [-0.15, -0.1) is 0 Å². The number of amides is 1. The number of hydrogen-bond donors (Lipinski definition) is 1. The lowest BCUT2D eigenvalue weighted by Crippen LogP contribution is -2.35. The van der Waals surface area contributed by atoms with Gasteiger partial charge in [0, 0.05) is 49.9 Å². The third kappa shape index (κ3) is 2.60. The van der Waals surface area contributed by atoms with E-state index in [1.54, 1.807) is 6.20 Å². The maximum atomic E-state index is 12.7. The summed E-state index contributed by atoms with van der Waals surface area (Å²) >= 11 is 0. The summed E-state index contributed by atoms with van der Waals surface area (Å²) < 4.78 is 2.20. The van der Waals surface area contributed by atoms with Crippen LogP contribution >= 0.6 is 0 Å². The molecule has 1 aliphatic rings. The van der Waals surface area contributed by atoms with Crippen molar-refractivity contribution in [2.75, 3.05) is 13.6 Å². The minimum atomic E-state index is 0.0574. The van der Waals surface area contributed by atoms with Crippen LogP contribution in [0.3, 0.4) is 0 Å². The number of rotatable bonds is 3. The Bertz CT molecular complexity index is 849. The predicted molar refractivity (Wildman–Crippen MR) is 87.1 cm³/mol. The Labute approximate surface area is 134 Å². The summed E-state index contributed by atoms with van der Waals surface area (Å²) in [6.07, 6.45) is 7.65. The molecule has 1 amide bonds. The third-order valence-corrected chi connectivity index (χ3v) is 4.62. The number of nitrogens with one attached hydrogen (secondary N) is 1. The Kier molecular flexibility index (Phi) is 3.37. The Hall–Kier alpha value is -2.63. The van der Waals surface area contributed by atoms with Gasteiger partial charge in [-0.1, -0.05) is 0 Å². The fourth-order valence-electron chi connectivity index (χ4n) is 3.34. The average molecular weight is 309 g/mol. The van der Waals surface area contributed by atoms with Crippen molar-refractivity contribution in [3.05, 3.63) is 48.2 Å². The summed E-state index contributed by atoms with van der Waals surface area (Å²) in [5.74, 6) is 1.65. The lowest BCUT2D eigenvalue weighted by atomic mass is 9.97. The summed E-state index contributed by atoms with van der Waals surface area (Å²) in [5, 5.41) is 7.86. The Balaban J connectivity index is 1.46. The van der Waals surface area contributed by atoms with Gasteiger partial charge in [0.1, 0.15) is 5.82 Å². The Morgan fingerprint density at radius 1 is 1.48 bits per heavy atom. The predicted octanol–water partition coefficient (Wildman–Crippen LogP) is 2.09. The van der Waals surface area contributed by atoms with Gasteiger partial charge in [-0.25, -0.2) is 4.98 Å². The number of nitrogens with zero attached hydrogens (tertiary/aromatic N) is 4. The molecule has 1 aromatic carbocycles. The van der Waals surface area contributed by atoms with Gasteiger partial charge in [0.2, 0.25) is 0 Å². The van der Waals surface area contributed by atoms with Crippen molar-refractivity contribution in [1.82, 2.24) is 24.6 Å². The number of aromatic amines is 1. The molecule has 0 saturated heterocycles. The van der Waals surface area contributed by atoms with Crippen molar-refractivity contribution in [1.29, 1.82) is 0 Å². The van der Waals surface area contributed by atoms with Crippen LogP contribution in [0.2, 0.25) is 0 Å². The first kappa shape index (κ1) is 14.0. The van der Waals surface area contributed by atoms with Crippen LogP contribution in [0.15, 0.2) is 36.8 Å². The number of imidazole rings is 1. The number of fused-ring (bicyclic) bond motifs is 2. The molecule has 0 radical (unpaired) electrons. The van der Waals surface area contributed by atoms with Crippen molar-refractivity contribution in [3.63, 3.8) is 0 Å². The molecule has 0 spiro atoms. The van der Waals surface area contributed by atoms with Crippen molar-refractivity contribution < 1.29 is 4.79 Å². The maximum absolute atomic E-state index is 12.7. The fourth-order valence-corrected chi connectivity index (χ4v) is 3.34. The monoisotopic (exact) mass is 309 g/mol. The first-order valence-corrected chi connectivity index (χ1v) is 7.89. The second-order valence-electron chi connectivity index (χ2n) is 6.25. The molecule has 1 atom stereocenters. The molecule has 6 heteroatoms. The largest absolute Gasteiger partial charge is 0.341 e. The van der Waals surface area contributed by atoms with E-state index in [4.69, 9.17) is 0 Å². The van der Waals surface area contributed by atoms with Gasteiger partial charge in [0.05, 0.1) is 11.7 Å². The van der Waals surface area contributed by atoms with Crippen LogP contribution in [0.1, 0.15) is 22.6 Å². The van der Waals surface area contributed by atoms with E-state index < -0.39 is 0 Å². The van der Waals surface area contributed by atoms with Gasteiger partial charge in [0.25, 0.3) is 5.91 Å². The van der Waals surface area contributed by atoms with E-state index in [2.05, 4.69) is 19.7 Å². The molecule has 1 N–H and O–H groups in total. The molecule has 0 aliphatic carbocycles. The number of hydrogen-bond acceptors (Lipinski definition) is 3. The van der Waals surface area contributed by atoms with Gasteiger partial charge in [-0.3, -0.25) is 9.89 Å². The zero-order chi connectivity index (χ0) is 15.8. The van der Waals surface area contributed by atoms with E-state index in [9.17, 15) is 4.79 Å². The van der Waals surface area contributed by atoms with E-state index in [1.165, 1.54) is 0 Å². The summed E-state index contributed by atoms with van der Waals surface area (Å²) in [4.78, 5) is 18.9. The lowest BCUT2D eigenvalue weighted by molar-refractivity contribution is 0.0764. The highest BCUT2D eigenvalue weighted by atomic mass is 16.2. The lowest BCUT2D eigenvalue weighted by Gasteiger charge is -2.28. The van der Waals surface area contributed by atoms with E-state index in [0.29, 0.717) is 11.5 Å². The average Bonchev–Trinajstić information content (AvgIpc) is 3.21. The normalized spacial score (nSPS) is 17.2. The number of H-pyrrole nitrogens is 1. The van der Waals surface area contributed by atoms with Gasteiger partial charge >= 0.3 is 0 Å². The SMILES string of the molecule is CN(C[C@@H]1CCn2ccnc2C1)C(=O)c1ccc2[nH]ncc2c1. The highest BCUT2D eigenvalue weighted by molar-refractivity contribution is 5.97. The zero-order valence-electron chi connectivity index (χ0n) is 13.1. The van der Waals surface area contributed by atoms with Crippen LogP contribution in [0, 0.1) is 5.92 Å². The molecule has 4 rings (SSSR count). The highest BCUT2D eigenvalue weighted by Crippen LogP contribution is 2.21. The van der Waals surface area contributed by atoms with E-state index in [1.807, 2.05) is 42.5 Å². The molecule has 0 fully saturated rings. The number of benzene rings is 1. The highest BCUT2D eigenvalue weighted by Gasteiger charge is 2.22. The van der Waals surface area contributed by atoms with Gasteiger partial charge in [0.15, 0.2) is 0 Å². The number of aromatic nitrogens is 4. The van der Waals surface area contributed by atoms with Crippen LogP contribution < -0.4 is 0 Å². The molecular weight excluding hydrogens is 290 g/mol. The molecule has 118 valence electrons. The molecular formula is C17H19N5O. The number of carbonyl (C=O) groups excluding carboxylic acids is 1. The van der Waals surface area contributed by atoms with Crippen LogP contribution in [0.25, 0.3) is 10.9 Å². The summed E-state index contributed by atoms with van der Waals surface area (Å²) in [7, 11) is 1.88. The minimum absolute atomic E-state index is 0.0574. The maximum Gasteiger partial charge on any atom is 0.253 e.